The molecule has 1 fully saturated rings. The van der Waals surface area contributed by atoms with Crippen molar-refractivity contribution < 1.29 is 13.9 Å². The van der Waals surface area contributed by atoms with Gasteiger partial charge in [0.1, 0.15) is 23.7 Å². The lowest BCUT2D eigenvalue weighted by molar-refractivity contribution is 0.0762. The Labute approximate surface area is 175 Å². The maximum Gasteiger partial charge on any atom is 0.258 e. The lowest BCUT2D eigenvalue weighted by Gasteiger charge is -2.22. The topological polar surface area (TPSA) is 80.5 Å². The van der Waals surface area contributed by atoms with E-state index < -0.39 is 0 Å². The first kappa shape index (κ1) is 19.9. The number of nitrogens with zero attached hydrogens (tertiary/aromatic N) is 3. The Bertz CT molecular complexity index is 1080. The van der Waals surface area contributed by atoms with E-state index >= 15 is 0 Å². The molecular formula is C23H26N4O3. The third-order valence-corrected chi connectivity index (χ3v) is 5.47. The first-order valence-corrected chi connectivity index (χ1v) is 9.99. The van der Waals surface area contributed by atoms with Crippen LogP contribution in [0.1, 0.15) is 41.4 Å². The summed E-state index contributed by atoms with van der Waals surface area (Å²) in [7, 11) is 1.63. The second-order valence-electron chi connectivity index (χ2n) is 7.94. The summed E-state index contributed by atoms with van der Waals surface area (Å²) in [5.74, 6) is 1.81. The number of furan rings is 1. The summed E-state index contributed by atoms with van der Waals surface area (Å²) in [6.07, 6.45) is 5.32. The molecule has 1 N–H and O–H groups in total. The van der Waals surface area contributed by atoms with Crippen molar-refractivity contribution in [3.63, 3.8) is 0 Å². The van der Waals surface area contributed by atoms with Gasteiger partial charge < -0.3 is 19.4 Å². The van der Waals surface area contributed by atoms with Crippen molar-refractivity contribution in [1.82, 2.24) is 14.9 Å². The average Bonchev–Trinajstić information content (AvgIpc) is 3.36. The summed E-state index contributed by atoms with van der Waals surface area (Å²) in [5.41, 5.74) is 1.92. The van der Waals surface area contributed by atoms with Gasteiger partial charge in [-0.05, 0) is 44.4 Å². The van der Waals surface area contributed by atoms with Crippen molar-refractivity contribution in [2.45, 2.75) is 38.8 Å². The van der Waals surface area contributed by atoms with E-state index in [0.29, 0.717) is 41.3 Å². The van der Waals surface area contributed by atoms with Crippen LogP contribution in [0.15, 0.2) is 47.7 Å². The van der Waals surface area contributed by atoms with E-state index in [1.807, 2.05) is 24.3 Å². The van der Waals surface area contributed by atoms with Gasteiger partial charge in [-0.1, -0.05) is 18.2 Å². The van der Waals surface area contributed by atoms with E-state index in [0.717, 1.165) is 24.2 Å². The number of nitrogens with one attached hydrogen (secondary N) is 1. The van der Waals surface area contributed by atoms with Crippen LogP contribution in [-0.2, 0) is 6.54 Å². The third kappa shape index (κ3) is 3.87. The summed E-state index contributed by atoms with van der Waals surface area (Å²) >= 11 is 0. The summed E-state index contributed by atoms with van der Waals surface area (Å²) < 4.78 is 11.0. The highest BCUT2D eigenvalue weighted by atomic mass is 16.5. The minimum Gasteiger partial charge on any atom is -0.497 e. The number of carbonyl (C=O) groups is 1. The highest BCUT2D eigenvalue weighted by Gasteiger charge is 2.38. The van der Waals surface area contributed by atoms with Crippen molar-refractivity contribution in [3.8, 4) is 5.75 Å². The number of hydrogen-bond donors (Lipinski definition) is 1. The SMILES string of the molecule is C=CCN(Cc1ccc(OC)cc1)C(=O)c1c(C)oc2ncnc(NC3(C)CC3)c12. The zero-order chi connectivity index (χ0) is 21.3. The van der Waals surface area contributed by atoms with E-state index in [2.05, 4.69) is 28.8 Å². The fourth-order valence-electron chi connectivity index (χ4n) is 3.48. The van der Waals surface area contributed by atoms with Gasteiger partial charge in [0.25, 0.3) is 5.91 Å². The first-order chi connectivity index (χ1) is 14.4. The number of carbonyl (C=O) groups excluding carboxylic acids is 1. The Balaban J connectivity index is 1.70. The second-order valence-corrected chi connectivity index (χ2v) is 7.94. The maximum absolute atomic E-state index is 13.6. The summed E-state index contributed by atoms with van der Waals surface area (Å²) in [6.45, 7) is 8.60. The van der Waals surface area contributed by atoms with Gasteiger partial charge >= 0.3 is 0 Å². The summed E-state index contributed by atoms with van der Waals surface area (Å²) in [4.78, 5) is 24.0. The summed E-state index contributed by atoms with van der Waals surface area (Å²) in [6, 6.07) is 7.67. The van der Waals surface area contributed by atoms with E-state index in [9.17, 15) is 4.79 Å². The van der Waals surface area contributed by atoms with Crippen LogP contribution >= 0.6 is 0 Å². The van der Waals surface area contributed by atoms with Crippen molar-refractivity contribution in [3.05, 3.63) is 60.1 Å². The lowest BCUT2D eigenvalue weighted by atomic mass is 10.1. The normalized spacial score (nSPS) is 14.4. The van der Waals surface area contributed by atoms with Crippen LogP contribution in [0.3, 0.4) is 0 Å². The molecule has 7 heteroatoms. The average molecular weight is 406 g/mol. The molecule has 3 aromatic rings. The number of aryl methyl sites for hydroxylation is 1. The van der Waals surface area contributed by atoms with E-state index in [-0.39, 0.29) is 11.4 Å². The molecule has 1 saturated carbocycles. The second kappa shape index (κ2) is 7.82. The van der Waals surface area contributed by atoms with Crippen molar-refractivity contribution >= 4 is 22.8 Å². The van der Waals surface area contributed by atoms with E-state index in [1.165, 1.54) is 6.33 Å². The number of rotatable bonds is 8. The Morgan fingerprint density at radius 1 is 1.33 bits per heavy atom. The predicted octanol–water partition coefficient (Wildman–Crippen LogP) is 4.33. The van der Waals surface area contributed by atoms with Crippen LogP contribution in [0.25, 0.3) is 11.1 Å². The molecule has 1 aliphatic rings. The Morgan fingerprint density at radius 2 is 2.07 bits per heavy atom. The molecule has 0 bridgehead atoms. The van der Waals surface area contributed by atoms with Gasteiger partial charge in [0, 0.05) is 18.6 Å². The molecule has 0 radical (unpaired) electrons. The molecule has 2 aromatic heterocycles. The Hall–Kier alpha value is -3.35. The molecule has 0 unspecified atom stereocenters. The third-order valence-electron chi connectivity index (χ3n) is 5.47. The number of methoxy groups -OCH3 is 1. The van der Waals surface area contributed by atoms with Crippen molar-refractivity contribution in [2.75, 3.05) is 19.0 Å². The minimum absolute atomic E-state index is 0.0106. The highest BCUT2D eigenvalue weighted by Crippen LogP contribution is 2.40. The van der Waals surface area contributed by atoms with Gasteiger partial charge in [-0.3, -0.25) is 4.79 Å². The predicted molar refractivity (Wildman–Crippen MR) is 116 cm³/mol. The molecule has 7 nitrogen and oxygen atoms in total. The Kier molecular flexibility index (Phi) is 5.20. The zero-order valence-electron chi connectivity index (χ0n) is 17.6. The quantitative estimate of drug-likeness (QED) is 0.561. The van der Waals surface area contributed by atoms with Crippen LogP contribution in [0.5, 0.6) is 5.75 Å². The number of amides is 1. The Morgan fingerprint density at radius 3 is 2.70 bits per heavy atom. The van der Waals surface area contributed by atoms with Crippen LogP contribution in [0, 0.1) is 6.92 Å². The molecule has 1 aliphatic carbocycles. The first-order valence-electron chi connectivity index (χ1n) is 9.99. The van der Waals surface area contributed by atoms with Gasteiger partial charge in [-0.2, -0.15) is 0 Å². The number of fused-ring (bicyclic) bond motifs is 1. The fourth-order valence-corrected chi connectivity index (χ4v) is 3.48. The molecule has 4 rings (SSSR count). The molecule has 0 aliphatic heterocycles. The number of benzene rings is 1. The molecule has 0 spiro atoms. The van der Waals surface area contributed by atoms with Crippen molar-refractivity contribution in [1.29, 1.82) is 0 Å². The van der Waals surface area contributed by atoms with Gasteiger partial charge in [-0.15, -0.1) is 6.58 Å². The fraction of sp³-hybridized carbons (Fsp3) is 0.348. The number of aromatic nitrogens is 2. The van der Waals surface area contributed by atoms with Gasteiger partial charge in [0.2, 0.25) is 5.71 Å². The number of anilines is 1. The van der Waals surface area contributed by atoms with Gasteiger partial charge in [-0.25, -0.2) is 9.97 Å². The molecule has 0 atom stereocenters. The maximum atomic E-state index is 13.6. The monoisotopic (exact) mass is 406 g/mol. The van der Waals surface area contributed by atoms with Gasteiger partial charge in [0.05, 0.1) is 18.1 Å². The number of hydrogen-bond acceptors (Lipinski definition) is 6. The van der Waals surface area contributed by atoms with Gasteiger partial charge in [0.15, 0.2) is 0 Å². The molecule has 2 heterocycles. The largest absolute Gasteiger partial charge is 0.497 e. The molecule has 1 amide bonds. The minimum atomic E-state index is -0.138. The molecule has 0 saturated heterocycles. The van der Waals surface area contributed by atoms with Crippen molar-refractivity contribution in [2.24, 2.45) is 0 Å². The highest BCUT2D eigenvalue weighted by molar-refractivity contribution is 6.10. The van der Waals surface area contributed by atoms with Crippen LogP contribution in [0.4, 0.5) is 5.82 Å². The molecular weight excluding hydrogens is 380 g/mol. The molecule has 1 aromatic carbocycles. The molecule has 156 valence electrons. The van der Waals surface area contributed by atoms with Crippen LogP contribution < -0.4 is 10.1 Å². The zero-order valence-corrected chi connectivity index (χ0v) is 17.6. The van der Waals surface area contributed by atoms with E-state index in [1.54, 1.807) is 25.0 Å². The molecule has 30 heavy (non-hydrogen) atoms. The van der Waals surface area contributed by atoms with Crippen LogP contribution in [-0.4, -0.2) is 40.0 Å². The van der Waals surface area contributed by atoms with Crippen LogP contribution in [0.2, 0.25) is 0 Å². The standard InChI is InChI=1S/C23H26N4O3/c1-5-12-27(13-16-6-8-17(29-4)9-7-16)22(28)18-15(2)30-21-19(18)20(24-14-25-21)26-23(3)10-11-23/h5-9,14H,1,10-13H2,2-4H3,(H,24,25,26). The summed E-state index contributed by atoms with van der Waals surface area (Å²) in [5, 5.41) is 4.10. The van der Waals surface area contributed by atoms with E-state index in [4.69, 9.17) is 9.15 Å². The lowest BCUT2D eigenvalue weighted by Crippen LogP contribution is -2.31. The smallest absolute Gasteiger partial charge is 0.258 e. The number of ether oxygens (including phenoxy) is 1.